The summed E-state index contributed by atoms with van der Waals surface area (Å²) in [6.07, 6.45) is 0.951. The molecule has 0 aliphatic rings. The van der Waals surface area contributed by atoms with Crippen molar-refractivity contribution in [3.63, 3.8) is 0 Å². The average Bonchev–Trinajstić information content (AvgIpc) is 3.08. The van der Waals surface area contributed by atoms with Crippen molar-refractivity contribution in [1.29, 1.82) is 0 Å². The van der Waals surface area contributed by atoms with Crippen LogP contribution in [0.5, 0.6) is 11.5 Å². The van der Waals surface area contributed by atoms with E-state index in [1.54, 1.807) is 12.1 Å². The molecule has 2 amide bonds. The van der Waals surface area contributed by atoms with E-state index in [0.29, 0.717) is 17.9 Å². The minimum absolute atomic E-state index is 0.0716. The zero-order valence-electron chi connectivity index (χ0n) is 29.4. The van der Waals surface area contributed by atoms with Gasteiger partial charge in [-0.3, -0.25) is 13.9 Å². The minimum atomic E-state index is -4.33. The van der Waals surface area contributed by atoms with E-state index in [-0.39, 0.29) is 35.6 Å². The van der Waals surface area contributed by atoms with Crippen LogP contribution in [0.1, 0.15) is 48.1 Å². The molecule has 0 fully saturated rings. The lowest BCUT2D eigenvalue weighted by atomic mass is 10.0. The van der Waals surface area contributed by atoms with Crippen molar-refractivity contribution < 1.29 is 27.5 Å². The Hall–Kier alpha value is -4.83. The summed E-state index contributed by atoms with van der Waals surface area (Å²) < 4.78 is 41.0. The van der Waals surface area contributed by atoms with E-state index in [1.165, 1.54) is 37.3 Å². The average molecular weight is 686 g/mol. The van der Waals surface area contributed by atoms with Gasteiger partial charge in [-0.05, 0) is 80.6 Å². The normalized spacial score (nSPS) is 12.5. The molecule has 4 rings (SSSR count). The van der Waals surface area contributed by atoms with Gasteiger partial charge in [-0.15, -0.1) is 0 Å². The highest BCUT2D eigenvalue weighted by atomic mass is 32.2. The van der Waals surface area contributed by atoms with Gasteiger partial charge in [0, 0.05) is 25.1 Å². The molecule has 0 bridgehead atoms. The second kappa shape index (κ2) is 16.5. The van der Waals surface area contributed by atoms with E-state index in [4.69, 9.17) is 9.47 Å². The van der Waals surface area contributed by atoms with Gasteiger partial charge < -0.3 is 19.7 Å². The van der Waals surface area contributed by atoms with Crippen LogP contribution in [0, 0.1) is 20.8 Å². The molecule has 0 saturated carbocycles. The van der Waals surface area contributed by atoms with Gasteiger partial charge in [0.2, 0.25) is 11.8 Å². The van der Waals surface area contributed by atoms with Crippen molar-refractivity contribution in [2.75, 3.05) is 25.1 Å². The third-order valence-corrected chi connectivity index (χ3v) is 10.2. The number of sulfonamides is 1. The Morgan fingerprint density at radius 1 is 0.776 bits per heavy atom. The maximum atomic E-state index is 14.8. The fourth-order valence-electron chi connectivity index (χ4n) is 5.73. The smallest absolute Gasteiger partial charge is 0.264 e. The van der Waals surface area contributed by atoms with Crippen LogP contribution < -0.4 is 19.1 Å². The SMILES string of the molecule is CC[C@@H](C)NC(=O)[C@@H](Cc1ccccc1)N(Cc1cccc(C)c1)C(=O)CN(c1cc(C)cc(C)c1)S(=O)(=O)c1ccc(OC)c(OC)c1. The maximum absolute atomic E-state index is 14.8. The van der Waals surface area contributed by atoms with Crippen molar-refractivity contribution in [2.24, 2.45) is 0 Å². The van der Waals surface area contributed by atoms with Gasteiger partial charge in [0.1, 0.15) is 12.6 Å². The van der Waals surface area contributed by atoms with Crippen LogP contribution >= 0.6 is 0 Å². The highest BCUT2D eigenvalue weighted by Gasteiger charge is 2.35. The number of anilines is 1. The Kier molecular flexibility index (Phi) is 12.5. The fraction of sp³-hybridized carbons (Fsp3) is 0.333. The summed E-state index contributed by atoms with van der Waals surface area (Å²) in [5, 5.41) is 3.07. The topological polar surface area (TPSA) is 105 Å². The van der Waals surface area contributed by atoms with Crippen molar-refractivity contribution in [3.05, 3.63) is 119 Å². The third-order valence-electron chi connectivity index (χ3n) is 8.42. The van der Waals surface area contributed by atoms with E-state index in [0.717, 1.165) is 32.1 Å². The van der Waals surface area contributed by atoms with Crippen LogP contribution in [0.25, 0.3) is 0 Å². The van der Waals surface area contributed by atoms with Gasteiger partial charge in [-0.25, -0.2) is 8.42 Å². The molecule has 0 aromatic heterocycles. The lowest BCUT2D eigenvalue weighted by molar-refractivity contribution is -0.140. The molecule has 1 N–H and O–H groups in total. The Bertz CT molecular complexity index is 1840. The number of carbonyl (C=O) groups excluding carboxylic acids is 2. The largest absolute Gasteiger partial charge is 0.493 e. The van der Waals surface area contributed by atoms with Crippen LogP contribution in [0.3, 0.4) is 0 Å². The predicted molar refractivity (Wildman–Crippen MR) is 194 cm³/mol. The van der Waals surface area contributed by atoms with E-state index >= 15 is 0 Å². The maximum Gasteiger partial charge on any atom is 0.264 e. The first-order chi connectivity index (χ1) is 23.4. The quantitative estimate of drug-likeness (QED) is 0.156. The van der Waals surface area contributed by atoms with E-state index in [1.807, 2.05) is 95.3 Å². The summed E-state index contributed by atoms with van der Waals surface area (Å²) in [5.41, 5.74) is 4.70. The number of hydrogen-bond acceptors (Lipinski definition) is 6. The van der Waals surface area contributed by atoms with Gasteiger partial charge in [0.25, 0.3) is 10.0 Å². The zero-order chi connectivity index (χ0) is 35.7. The standard InChI is InChI=1S/C39H47N3O6S/c1-8-30(5)40-39(44)35(23-31-14-10-9-11-15-31)41(25-32-16-12-13-27(2)20-32)38(43)26-42(33-21-28(3)19-29(4)22-33)49(45,46)34-17-18-36(47-6)37(24-34)48-7/h9-22,24,30,35H,8,23,25-26H2,1-7H3,(H,40,44)/t30-,35-/m1/s1. The van der Waals surface area contributed by atoms with Crippen molar-refractivity contribution in [2.45, 2.75) is 71.0 Å². The molecule has 0 spiro atoms. The van der Waals surface area contributed by atoms with Crippen molar-refractivity contribution in [3.8, 4) is 11.5 Å². The third kappa shape index (κ3) is 9.41. The summed E-state index contributed by atoms with van der Waals surface area (Å²) in [6, 6.07) is 26.0. The molecule has 0 unspecified atom stereocenters. The molecule has 0 saturated heterocycles. The summed E-state index contributed by atoms with van der Waals surface area (Å²) in [5.74, 6) is -0.221. The monoisotopic (exact) mass is 685 g/mol. The summed E-state index contributed by atoms with van der Waals surface area (Å²) >= 11 is 0. The molecular weight excluding hydrogens is 639 g/mol. The number of ether oxygens (including phenoxy) is 2. The molecule has 10 heteroatoms. The number of nitrogens with one attached hydrogen (secondary N) is 1. The molecule has 49 heavy (non-hydrogen) atoms. The van der Waals surface area contributed by atoms with Gasteiger partial charge in [0.05, 0.1) is 24.8 Å². The van der Waals surface area contributed by atoms with Gasteiger partial charge >= 0.3 is 0 Å². The first-order valence-electron chi connectivity index (χ1n) is 16.4. The Labute approximate surface area is 290 Å². The Morgan fingerprint density at radius 2 is 1.43 bits per heavy atom. The Balaban J connectivity index is 1.86. The fourth-order valence-corrected chi connectivity index (χ4v) is 7.14. The van der Waals surface area contributed by atoms with E-state index < -0.39 is 28.5 Å². The van der Waals surface area contributed by atoms with Gasteiger partial charge in [0.15, 0.2) is 11.5 Å². The summed E-state index contributed by atoms with van der Waals surface area (Å²) in [4.78, 5) is 30.3. The number of benzene rings is 4. The molecule has 0 radical (unpaired) electrons. The van der Waals surface area contributed by atoms with Crippen molar-refractivity contribution in [1.82, 2.24) is 10.2 Å². The first kappa shape index (κ1) is 37.0. The van der Waals surface area contributed by atoms with Crippen LogP contribution in [-0.2, 0) is 32.6 Å². The molecule has 0 heterocycles. The van der Waals surface area contributed by atoms with Crippen LogP contribution in [-0.4, -0.2) is 58.0 Å². The Morgan fingerprint density at radius 3 is 2.04 bits per heavy atom. The molecule has 9 nitrogen and oxygen atoms in total. The molecule has 2 atom stereocenters. The molecule has 4 aromatic carbocycles. The number of nitrogens with zero attached hydrogens (tertiary/aromatic N) is 2. The predicted octanol–water partition coefficient (Wildman–Crippen LogP) is 6.38. The number of hydrogen-bond donors (Lipinski definition) is 1. The van der Waals surface area contributed by atoms with Crippen LogP contribution in [0.15, 0.2) is 95.9 Å². The van der Waals surface area contributed by atoms with E-state index in [9.17, 15) is 18.0 Å². The molecule has 4 aromatic rings. The number of carbonyl (C=O) groups is 2. The molecule has 0 aliphatic heterocycles. The lowest BCUT2D eigenvalue weighted by Crippen LogP contribution is -2.54. The van der Waals surface area contributed by atoms with Gasteiger partial charge in [-0.1, -0.05) is 73.2 Å². The van der Waals surface area contributed by atoms with Gasteiger partial charge in [-0.2, -0.15) is 0 Å². The zero-order valence-corrected chi connectivity index (χ0v) is 30.2. The highest BCUT2D eigenvalue weighted by Crippen LogP contribution is 2.33. The summed E-state index contributed by atoms with van der Waals surface area (Å²) in [7, 11) is -1.43. The second-order valence-corrected chi connectivity index (χ2v) is 14.3. The van der Waals surface area contributed by atoms with E-state index in [2.05, 4.69) is 5.32 Å². The van der Waals surface area contributed by atoms with Crippen LogP contribution in [0.2, 0.25) is 0 Å². The molecule has 0 aliphatic carbocycles. The molecular formula is C39H47N3O6S. The lowest BCUT2D eigenvalue weighted by Gasteiger charge is -2.34. The first-order valence-corrected chi connectivity index (χ1v) is 17.8. The highest BCUT2D eigenvalue weighted by molar-refractivity contribution is 7.92. The number of amides is 2. The number of aryl methyl sites for hydroxylation is 3. The second-order valence-electron chi connectivity index (χ2n) is 12.4. The summed E-state index contributed by atoms with van der Waals surface area (Å²) in [6.45, 7) is 9.16. The number of methoxy groups -OCH3 is 2. The molecule has 260 valence electrons. The van der Waals surface area contributed by atoms with Crippen molar-refractivity contribution >= 4 is 27.5 Å². The minimum Gasteiger partial charge on any atom is -0.493 e. The van der Waals surface area contributed by atoms with Crippen LogP contribution in [0.4, 0.5) is 5.69 Å². The number of rotatable bonds is 15.